The molecule has 5 heteroatoms. The minimum absolute atomic E-state index is 0.498. The molecule has 0 unspecified atom stereocenters. The Morgan fingerprint density at radius 3 is 2.71 bits per heavy atom. The van der Waals surface area contributed by atoms with Crippen LogP contribution in [0.3, 0.4) is 0 Å². The SMILES string of the molecule is Cc1sc(CCl)nc1-c1ccc(Br)s1. The van der Waals surface area contributed by atoms with Crippen LogP contribution in [0.25, 0.3) is 10.6 Å². The van der Waals surface area contributed by atoms with E-state index in [0.717, 1.165) is 14.5 Å². The molecule has 14 heavy (non-hydrogen) atoms. The van der Waals surface area contributed by atoms with Gasteiger partial charge in [0.15, 0.2) is 0 Å². The highest BCUT2D eigenvalue weighted by atomic mass is 79.9. The van der Waals surface area contributed by atoms with E-state index in [4.69, 9.17) is 11.6 Å². The number of halogens is 2. The Morgan fingerprint density at radius 1 is 1.43 bits per heavy atom. The minimum Gasteiger partial charge on any atom is -0.239 e. The molecule has 0 atom stereocenters. The van der Waals surface area contributed by atoms with Crippen molar-refractivity contribution in [1.29, 1.82) is 0 Å². The van der Waals surface area contributed by atoms with Gasteiger partial charge in [-0.2, -0.15) is 0 Å². The molecule has 2 heterocycles. The molecule has 0 radical (unpaired) electrons. The summed E-state index contributed by atoms with van der Waals surface area (Å²) >= 11 is 12.6. The van der Waals surface area contributed by atoms with Crippen LogP contribution in [-0.4, -0.2) is 4.98 Å². The second-order valence-electron chi connectivity index (χ2n) is 2.75. The fourth-order valence-corrected chi connectivity index (χ4v) is 3.70. The van der Waals surface area contributed by atoms with E-state index in [1.807, 2.05) is 6.07 Å². The topological polar surface area (TPSA) is 12.9 Å². The van der Waals surface area contributed by atoms with Crippen molar-refractivity contribution in [2.75, 3.05) is 0 Å². The van der Waals surface area contributed by atoms with Gasteiger partial charge in [0.05, 0.1) is 20.2 Å². The molecule has 0 saturated heterocycles. The predicted octanol–water partition coefficient (Wildman–Crippen LogP) is 4.68. The zero-order valence-electron chi connectivity index (χ0n) is 7.38. The fraction of sp³-hybridized carbons (Fsp3) is 0.222. The molecule has 0 fully saturated rings. The van der Waals surface area contributed by atoms with Gasteiger partial charge in [-0.3, -0.25) is 0 Å². The van der Waals surface area contributed by atoms with Gasteiger partial charge in [-0.15, -0.1) is 34.3 Å². The maximum absolute atomic E-state index is 5.75. The van der Waals surface area contributed by atoms with E-state index < -0.39 is 0 Å². The van der Waals surface area contributed by atoms with Crippen LogP contribution in [-0.2, 0) is 5.88 Å². The summed E-state index contributed by atoms with van der Waals surface area (Å²) in [5.74, 6) is 0.498. The second kappa shape index (κ2) is 4.31. The van der Waals surface area contributed by atoms with E-state index >= 15 is 0 Å². The van der Waals surface area contributed by atoms with Crippen LogP contribution in [0.15, 0.2) is 15.9 Å². The lowest BCUT2D eigenvalue weighted by atomic mass is 10.3. The van der Waals surface area contributed by atoms with Crippen LogP contribution < -0.4 is 0 Å². The number of aromatic nitrogens is 1. The van der Waals surface area contributed by atoms with Crippen molar-refractivity contribution in [3.05, 3.63) is 25.8 Å². The highest BCUT2D eigenvalue weighted by molar-refractivity contribution is 9.11. The van der Waals surface area contributed by atoms with E-state index in [1.54, 1.807) is 22.7 Å². The van der Waals surface area contributed by atoms with Gasteiger partial charge in [-0.1, -0.05) is 0 Å². The van der Waals surface area contributed by atoms with Crippen molar-refractivity contribution < 1.29 is 0 Å². The first-order chi connectivity index (χ1) is 6.70. The van der Waals surface area contributed by atoms with E-state index in [2.05, 4.69) is 33.9 Å². The molecular weight excluding hydrogens is 302 g/mol. The molecule has 1 nitrogen and oxygen atoms in total. The summed E-state index contributed by atoms with van der Waals surface area (Å²) in [4.78, 5) is 6.92. The van der Waals surface area contributed by atoms with Crippen LogP contribution in [0.5, 0.6) is 0 Å². The quantitative estimate of drug-likeness (QED) is 0.734. The lowest BCUT2D eigenvalue weighted by Gasteiger charge is -1.90. The van der Waals surface area contributed by atoms with Crippen molar-refractivity contribution in [1.82, 2.24) is 4.98 Å². The van der Waals surface area contributed by atoms with Gasteiger partial charge in [-0.25, -0.2) is 4.98 Å². The molecule has 0 bridgehead atoms. The number of nitrogens with zero attached hydrogens (tertiary/aromatic N) is 1. The highest BCUT2D eigenvalue weighted by Gasteiger charge is 2.10. The third kappa shape index (κ3) is 2.03. The molecule has 2 aromatic rings. The first-order valence-electron chi connectivity index (χ1n) is 3.98. The molecule has 0 aliphatic heterocycles. The van der Waals surface area contributed by atoms with Crippen LogP contribution >= 0.6 is 50.2 Å². The number of thiazole rings is 1. The maximum Gasteiger partial charge on any atom is 0.108 e. The summed E-state index contributed by atoms with van der Waals surface area (Å²) in [6.07, 6.45) is 0. The fourth-order valence-electron chi connectivity index (χ4n) is 1.18. The average Bonchev–Trinajstić information content (AvgIpc) is 2.71. The lowest BCUT2D eigenvalue weighted by Crippen LogP contribution is -1.76. The number of thiophene rings is 1. The summed E-state index contributed by atoms with van der Waals surface area (Å²) in [6.45, 7) is 2.08. The van der Waals surface area contributed by atoms with E-state index in [-0.39, 0.29) is 0 Å². The molecular formula is C9H7BrClNS2. The Bertz CT molecular complexity index is 449. The van der Waals surface area contributed by atoms with Gasteiger partial charge >= 0.3 is 0 Å². The van der Waals surface area contributed by atoms with Crippen molar-refractivity contribution >= 4 is 50.2 Å². The molecule has 0 aliphatic carbocycles. The molecule has 0 saturated carbocycles. The van der Waals surface area contributed by atoms with Crippen molar-refractivity contribution in [2.24, 2.45) is 0 Å². The Hall–Kier alpha value is 0.1000. The van der Waals surface area contributed by atoms with Crippen LogP contribution in [0.1, 0.15) is 9.88 Å². The van der Waals surface area contributed by atoms with Gasteiger partial charge in [0.2, 0.25) is 0 Å². The number of hydrogen-bond acceptors (Lipinski definition) is 3. The molecule has 0 amide bonds. The van der Waals surface area contributed by atoms with Crippen LogP contribution in [0, 0.1) is 6.92 Å². The summed E-state index contributed by atoms with van der Waals surface area (Å²) in [5, 5.41) is 0.990. The summed E-state index contributed by atoms with van der Waals surface area (Å²) in [7, 11) is 0. The number of rotatable bonds is 2. The highest BCUT2D eigenvalue weighted by Crippen LogP contribution is 2.34. The third-order valence-electron chi connectivity index (χ3n) is 1.76. The van der Waals surface area contributed by atoms with Crippen LogP contribution in [0.4, 0.5) is 0 Å². The number of aryl methyl sites for hydroxylation is 1. The molecule has 0 aliphatic rings. The summed E-state index contributed by atoms with van der Waals surface area (Å²) < 4.78 is 1.13. The van der Waals surface area contributed by atoms with Crippen molar-refractivity contribution in [3.63, 3.8) is 0 Å². The molecule has 2 rings (SSSR count). The normalized spacial score (nSPS) is 10.8. The summed E-state index contributed by atoms with van der Waals surface area (Å²) in [5.41, 5.74) is 1.07. The Kier molecular flexibility index (Phi) is 3.27. The van der Waals surface area contributed by atoms with E-state index in [0.29, 0.717) is 5.88 Å². The number of alkyl halides is 1. The Labute approximate surface area is 104 Å². The lowest BCUT2D eigenvalue weighted by molar-refractivity contribution is 1.26. The Morgan fingerprint density at radius 2 is 2.21 bits per heavy atom. The minimum atomic E-state index is 0.498. The van der Waals surface area contributed by atoms with Gasteiger partial charge in [0, 0.05) is 4.88 Å². The molecule has 0 aromatic carbocycles. The zero-order chi connectivity index (χ0) is 10.1. The Balaban J connectivity index is 2.45. The van der Waals surface area contributed by atoms with Gasteiger partial charge in [0.25, 0.3) is 0 Å². The van der Waals surface area contributed by atoms with Crippen molar-refractivity contribution in [2.45, 2.75) is 12.8 Å². The van der Waals surface area contributed by atoms with Gasteiger partial charge < -0.3 is 0 Å². The van der Waals surface area contributed by atoms with E-state index in [9.17, 15) is 0 Å². The first kappa shape index (κ1) is 10.6. The van der Waals surface area contributed by atoms with Crippen molar-refractivity contribution in [3.8, 4) is 10.6 Å². The molecule has 74 valence electrons. The molecule has 2 aromatic heterocycles. The average molecular weight is 309 g/mol. The standard InChI is InChI=1S/C9H7BrClNS2/c1-5-9(12-8(4-11)13-5)6-2-3-7(10)14-6/h2-3H,4H2,1H3. The molecule has 0 N–H and O–H groups in total. The first-order valence-corrected chi connectivity index (χ1v) is 6.94. The number of hydrogen-bond donors (Lipinski definition) is 0. The monoisotopic (exact) mass is 307 g/mol. The second-order valence-corrected chi connectivity index (χ2v) is 6.77. The maximum atomic E-state index is 5.75. The smallest absolute Gasteiger partial charge is 0.108 e. The van der Waals surface area contributed by atoms with Gasteiger partial charge in [-0.05, 0) is 35.0 Å². The largest absolute Gasteiger partial charge is 0.239 e. The van der Waals surface area contributed by atoms with E-state index in [1.165, 1.54) is 9.75 Å². The third-order valence-corrected chi connectivity index (χ3v) is 4.77. The van der Waals surface area contributed by atoms with Crippen LogP contribution in [0.2, 0.25) is 0 Å². The van der Waals surface area contributed by atoms with Gasteiger partial charge in [0.1, 0.15) is 5.01 Å². The zero-order valence-corrected chi connectivity index (χ0v) is 11.4. The predicted molar refractivity (Wildman–Crippen MR) is 67.4 cm³/mol. The molecule has 0 spiro atoms. The summed E-state index contributed by atoms with van der Waals surface area (Å²) in [6, 6.07) is 4.12.